The van der Waals surface area contributed by atoms with E-state index in [1.54, 1.807) is 13.0 Å². The van der Waals surface area contributed by atoms with Gasteiger partial charge in [0.05, 0.1) is 11.7 Å². The van der Waals surface area contributed by atoms with E-state index in [4.69, 9.17) is 17.2 Å². The summed E-state index contributed by atoms with van der Waals surface area (Å²) in [6, 6.07) is 0.508. The second kappa shape index (κ2) is 9.28. The molecule has 1 saturated carbocycles. The molecule has 7 nitrogen and oxygen atoms in total. The third-order valence-corrected chi connectivity index (χ3v) is 4.97. The second-order valence-electron chi connectivity index (χ2n) is 8.09. The van der Waals surface area contributed by atoms with Gasteiger partial charge < -0.3 is 32.7 Å². The van der Waals surface area contributed by atoms with Gasteiger partial charge in [0.1, 0.15) is 5.82 Å². The van der Waals surface area contributed by atoms with Crippen molar-refractivity contribution in [2.75, 3.05) is 19.6 Å². The van der Waals surface area contributed by atoms with Gasteiger partial charge >= 0.3 is 0 Å². The molecule has 0 bridgehead atoms. The first-order valence-electron chi connectivity index (χ1n) is 9.76. The zero-order valence-electron chi connectivity index (χ0n) is 16.4. The van der Waals surface area contributed by atoms with Crippen LogP contribution in [0, 0.1) is 11.8 Å². The Labute approximate surface area is 157 Å². The number of carbonyl (C=O) groups is 1. The van der Waals surface area contributed by atoms with Gasteiger partial charge in [-0.15, -0.1) is 0 Å². The normalized spacial score (nSPS) is 21.6. The van der Waals surface area contributed by atoms with Gasteiger partial charge in [-0.25, -0.2) is 0 Å². The first-order valence-corrected chi connectivity index (χ1v) is 9.76. The number of allylic oxidation sites excluding steroid dienone is 1. The van der Waals surface area contributed by atoms with Crippen LogP contribution in [0.5, 0.6) is 0 Å². The van der Waals surface area contributed by atoms with Gasteiger partial charge in [0, 0.05) is 24.8 Å². The number of amides is 1. The third-order valence-electron chi connectivity index (χ3n) is 4.97. The van der Waals surface area contributed by atoms with Crippen molar-refractivity contribution >= 4 is 5.91 Å². The summed E-state index contributed by atoms with van der Waals surface area (Å²) in [6.45, 7) is 8.85. The molecular formula is C19H36N6O. The molecule has 1 atom stereocenters. The largest absolute Gasteiger partial charge is 0.402 e. The van der Waals surface area contributed by atoms with Crippen LogP contribution in [0.25, 0.3) is 0 Å². The Balaban J connectivity index is 2.01. The lowest BCUT2D eigenvalue weighted by molar-refractivity contribution is -0.118. The average molecular weight is 365 g/mol. The zero-order chi connectivity index (χ0) is 19.3. The lowest BCUT2D eigenvalue weighted by Crippen LogP contribution is -2.47. The molecule has 0 aromatic rings. The Morgan fingerprint density at radius 2 is 1.81 bits per heavy atom. The molecule has 8 N–H and O–H groups in total. The van der Waals surface area contributed by atoms with E-state index in [1.165, 1.54) is 0 Å². The van der Waals surface area contributed by atoms with E-state index >= 15 is 0 Å². The summed E-state index contributed by atoms with van der Waals surface area (Å²) in [5.74, 6) is 1.26. The number of rotatable bonds is 8. The highest BCUT2D eigenvalue weighted by atomic mass is 16.1. The summed E-state index contributed by atoms with van der Waals surface area (Å²) in [5, 5.41) is 6.47. The van der Waals surface area contributed by atoms with Crippen LogP contribution in [0.15, 0.2) is 23.2 Å². The molecule has 0 radical (unpaired) electrons. The van der Waals surface area contributed by atoms with Crippen molar-refractivity contribution < 1.29 is 4.79 Å². The molecule has 7 heteroatoms. The van der Waals surface area contributed by atoms with Crippen molar-refractivity contribution in [3.63, 3.8) is 0 Å². The second-order valence-corrected chi connectivity index (χ2v) is 8.09. The predicted octanol–water partition coefficient (Wildman–Crippen LogP) is 0.540. The highest BCUT2D eigenvalue weighted by Crippen LogP contribution is 2.30. The summed E-state index contributed by atoms with van der Waals surface area (Å²) in [7, 11) is 0. The van der Waals surface area contributed by atoms with Crippen molar-refractivity contribution in [2.24, 2.45) is 29.0 Å². The number of likely N-dealkylation sites (tertiary alicyclic amines) is 1. The fourth-order valence-corrected chi connectivity index (χ4v) is 3.18. The predicted molar refractivity (Wildman–Crippen MR) is 105 cm³/mol. The Morgan fingerprint density at radius 3 is 2.31 bits per heavy atom. The van der Waals surface area contributed by atoms with Crippen molar-refractivity contribution in [3.05, 3.63) is 23.2 Å². The average Bonchev–Trinajstić information content (AvgIpc) is 3.42. The van der Waals surface area contributed by atoms with E-state index < -0.39 is 0 Å². The number of nitrogens with one attached hydrogen (secondary N) is 2. The third kappa shape index (κ3) is 6.21. The quantitative estimate of drug-likeness (QED) is 0.243. The Hall–Kier alpha value is -1.73. The monoisotopic (exact) mass is 364 g/mol. The molecule has 2 fully saturated rings. The molecule has 1 aliphatic heterocycles. The van der Waals surface area contributed by atoms with Crippen LogP contribution in [-0.4, -0.2) is 42.6 Å². The summed E-state index contributed by atoms with van der Waals surface area (Å²) in [4.78, 5) is 14.8. The van der Waals surface area contributed by atoms with Gasteiger partial charge in [-0.1, -0.05) is 13.8 Å². The fraction of sp³-hybridized carbons (Fsp3) is 0.737. The number of hydrogen-bond acceptors (Lipinski definition) is 6. The molecule has 148 valence electrons. The van der Waals surface area contributed by atoms with Gasteiger partial charge in [-0.2, -0.15) is 0 Å². The van der Waals surface area contributed by atoms with E-state index in [9.17, 15) is 4.79 Å². The van der Waals surface area contributed by atoms with Crippen LogP contribution >= 0.6 is 0 Å². The van der Waals surface area contributed by atoms with Gasteiger partial charge in [0.2, 0.25) is 0 Å². The number of nitrogens with two attached hydrogens (primary N) is 3. The highest BCUT2D eigenvalue weighted by Gasteiger charge is 2.31. The van der Waals surface area contributed by atoms with Crippen LogP contribution in [0.4, 0.5) is 0 Å². The molecule has 1 saturated heterocycles. The SMILES string of the molecule is C/C(N)=C/C(C(=O)NC(N)C1CC1)=C(\N)N1CCC(NCC(C)C)CC1. The summed E-state index contributed by atoms with van der Waals surface area (Å²) in [5.41, 5.74) is 19.2. The van der Waals surface area contributed by atoms with Gasteiger partial charge in [-0.05, 0) is 57.1 Å². The first-order chi connectivity index (χ1) is 12.3. The van der Waals surface area contributed by atoms with E-state index in [0.29, 0.717) is 35.0 Å². The van der Waals surface area contributed by atoms with Gasteiger partial charge in [-0.3, -0.25) is 4.79 Å². The molecule has 0 aromatic carbocycles. The van der Waals surface area contributed by atoms with Crippen LogP contribution < -0.4 is 27.8 Å². The summed E-state index contributed by atoms with van der Waals surface area (Å²) >= 11 is 0. The lowest BCUT2D eigenvalue weighted by Gasteiger charge is -2.35. The van der Waals surface area contributed by atoms with Crippen molar-refractivity contribution in [1.29, 1.82) is 0 Å². The number of hydrogen-bond donors (Lipinski definition) is 5. The molecule has 1 heterocycles. The maximum atomic E-state index is 12.7. The van der Waals surface area contributed by atoms with E-state index in [0.717, 1.165) is 45.3 Å². The Bertz CT molecular complexity index is 540. The van der Waals surface area contributed by atoms with Crippen LogP contribution in [-0.2, 0) is 4.79 Å². The Morgan fingerprint density at radius 1 is 1.19 bits per heavy atom. The molecule has 1 amide bonds. The first kappa shape index (κ1) is 20.6. The van der Waals surface area contributed by atoms with Crippen molar-refractivity contribution in [1.82, 2.24) is 15.5 Å². The number of nitrogens with zero attached hydrogens (tertiary/aromatic N) is 1. The smallest absolute Gasteiger partial charge is 0.256 e. The zero-order valence-corrected chi connectivity index (χ0v) is 16.4. The topological polar surface area (TPSA) is 122 Å². The minimum atomic E-state index is -0.317. The van der Waals surface area contributed by atoms with Crippen LogP contribution in [0.3, 0.4) is 0 Å². The van der Waals surface area contributed by atoms with E-state index in [2.05, 4.69) is 29.4 Å². The molecule has 2 rings (SSSR count). The molecule has 0 spiro atoms. The molecular weight excluding hydrogens is 328 g/mol. The molecule has 1 aliphatic carbocycles. The maximum Gasteiger partial charge on any atom is 0.256 e. The minimum Gasteiger partial charge on any atom is -0.402 e. The maximum absolute atomic E-state index is 12.7. The van der Waals surface area contributed by atoms with Crippen molar-refractivity contribution in [3.8, 4) is 0 Å². The summed E-state index contributed by atoms with van der Waals surface area (Å²) in [6.07, 6.45) is 5.48. The highest BCUT2D eigenvalue weighted by molar-refractivity contribution is 5.97. The molecule has 1 unspecified atom stereocenters. The van der Waals surface area contributed by atoms with Crippen molar-refractivity contribution in [2.45, 2.75) is 58.7 Å². The lowest BCUT2D eigenvalue weighted by atomic mass is 10.0. The minimum absolute atomic E-state index is 0.244. The fourth-order valence-electron chi connectivity index (χ4n) is 3.18. The molecule has 2 aliphatic rings. The standard InChI is InChI=1S/C19H36N6O/c1-12(2)11-23-15-6-8-25(9-7-15)18(22)16(10-13(3)20)19(26)24-17(21)14-4-5-14/h10,12,14-15,17,23H,4-9,11,20-22H2,1-3H3,(H,24,26)/b13-10-,18-16-. The number of carbonyl (C=O) groups excluding carboxylic acids is 1. The van der Waals surface area contributed by atoms with Crippen LogP contribution in [0.1, 0.15) is 46.5 Å². The van der Waals surface area contributed by atoms with E-state index in [-0.39, 0.29) is 12.1 Å². The van der Waals surface area contributed by atoms with E-state index in [1.807, 2.05) is 0 Å². The summed E-state index contributed by atoms with van der Waals surface area (Å²) < 4.78 is 0. The molecule has 0 aromatic heterocycles. The van der Waals surface area contributed by atoms with Gasteiger partial charge in [0.15, 0.2) is 0 Å². The van der Waals surface area contributed by atoms with Crippen LogP contribution in [0.2, 0.25) is 0 Å². The number of piperidine rings is 1. The molecule has 26 heavy (non-hydrogen) atoms. The Kier molecular flexibility index (Phi) is 7.34. The van der Waals surface area contributed by atoms with Gasteiger partial charge in [0.25, 0.3) is 5.91 Å².